The van der Waals surface area contributed by atoms with Gasteiger partial charge in [0.2, 0.25) is 0 Å². The number of aromatic nitrogens is 3. The molecule has 0 N–H and O–H groups in total. The van der Waals surface area contributed by atoms with Crippen LogP contribution in [0.4, 0.5) is 0 Å². The minimum Gasteiger partial charge on any atom is -0.313 e. The van der Waals surface area contributed by atoms with Gasteiger partial charge < -0.3 is 4.57 Å². The third-order valence-corrected chi connectivity index (χ3v) is 3.98. The average Bonchev–Trinajstić information content (AvgIpc) is 2.68. The number of hydrogen-bond acceptors (Lipinski definition) is 4. The molecule has 0 fully saturated rings. The van der Waals surface area contributed by atoms with E-state index < -0.39 is 0 Å². The van der Waals surface area contributed by atoms with Crippen molar-refractivity contribution in [3.8, 4) is 0 Å². The predicted octanol–water partition coefficient (Wildman–Crippen LogP) is 2.10. The van der Waals surface area contributed by atoms with Crippen LogP contribution in [0.1, 0.15) is 41.1 Å². The molecular weight excluding hydrogens is 268 g/mol. The summed E-state index contributed by atoms with van der Waals surface area (Å²) in [6.07, 6.45) is 4.44. The second-order valence-corrected chi connectivity index (χ2v) is 5.46. The SMILES string of the molecule is CON(C)C(=O)c1cc(C)nc2c1nc1n2CCCCC1. The van der Waals surface area contributed by atoms with Crippen LogP contribution in [0, 0.1) is 6.92 Å². The van der Waals surface area contributed by atoms with Crippen molar-refractivity contribution in [2.24, 2.45) is 0 Å². The molecule has 0 radical (unpaired) electrons. The molecule has 1 aliphatic heterocycles. The first-order chi connectivity index (χ1) is 10.1. The van der Waals surface area contributed by atoms with Crippen molar-refractivity contribution in [3.05, 3.63) is 23.1 Å². The molecule has 0 unspecified atom stereocenters. The fourth-order valence-corrected chi connectivity index (χ4v) is 2.83. The third kappa shape index (κ3) is 2.40. The van der Waals surface area contributed by atoms with Gasteiger partial charge in [-0.2, -0.15) is 0 Å². The molecule has 3 rings (SSSR count). The van der Waals surface area contributed by atoms with E-state index in [1.807, 2.05) is 6.92 Å². The number of pyridine rings is 1. The van der Waals surface area contributed by atoms with Crippen LogP contribution in [-0.4, -0.2) is 39.7 Å². The molecule has 2 aromatic heterocycles. The maximum Gasteiger partial charge on any atom is 0.279 e. The molecule has 112 valence electrons. The van der Waals surface area contributed by atoms with E-state index in [1.54, 1.807) is 13.1 Å². The second-order valence-electron chi connectivity index (χ2n) is 5.46. The number of aryl methyl sites for hydroxylation is 3. The Morgan fingerprint density at radius 3 is 2.90 bits per heavy atom. The topological polar surface area (TPSA) is 60.2 Å². The number of hydrogen-bond donors (Lipinski definition) is 0. The monoisotopic (exact) mass is 288 g/mol. The van der Waals surface area contributed by atoms with Gasteiger partial charge in [-0.3, -0.25) is 9.63 Å². The summed E-state index contributed by atoms with van der Waals surface area (Å²) < 4.78 is 2.17. The van der Waals surface area contributed by atoms with E-state index >= 15 is 0 Å². The maximum atomic E-state index is 12.4. The van der Waals surface area contributed by atoms with Gasteiger partial charge in [0.25, 0.3) is 5.91 Å². The maximum absolute atomic E-state index is 12.4. The number of rotatable bonds is 2. The minimum absolute atomic E-state index is 0.193. The van der Waals surface area contributed by atoms with E-state index in [9.17, 15) is 4.79 Å². The van der Waals surface area contributed by atoms with Gasteiger partial charge in [-0.1, -0.05) is 6.42 Å². The fraction of sp³-hybridized carbons (Fsp3) is 0.533. The van der Waals surface area contributed by atoms with Crippen LogP contribution < -0.4 is 0 Å². The first kappa shape index (κ1) is 14.0. The predicted molar refractivity (Wildman–Crippen MR) is 78.9 cm³/mol. The lowest BCUT2D eigenvalue weighted by Gasteiger charge is -2.14. The first-order valence-corrected chi connectivity index (χ1v) is 7.30. The average molecular weight is 288 g/mol. The summed E-state index contributed by atoms with van der Waals surface area (Å²) in [6, 6.07) is 1.78. The van der Waals surface area contributed by atoms with E-state index in [0.29, 0.717) is 11.1 Å². The van der Waals surface area contributed by atoms with Crippen molar-refractivity contribution < 1.29 is 9.63 Å². The van der Waals surface area contributed by atoms with Gasteiger partial charge in [0.05, 0.1) is 12.7 Å². The number of amides is 1. The van der Waals surface area contributed by atoms with Crippen molar-refractivity contribution >= 4 is 17.1 Å². The van der Waals surface area contributed by atoms with E-state index in [2.05, 4.69) is 14.5 Å². The summed E-state index contributed by atoms with van der Waals surface area (Å²) in [5.41, 5.74) is 2.89. The zero-order chi connectivity index (χ0) is 15.0. The summed E-state index contributed by atoms with van der Waals surface area (Å²) in [5, 5.41) is 1.22. The van der Waals surface area contributed by atoms with Crippen LogP contribution >= 0.6 is 0 Å². The number of hydroxylamine groups is 2. The van der Waals surface area contributed by atoms with E-state index in [-0.39, 0.29) is 5.91 Å². The fourth-order valence-electron chi connectivity index (χ4n) is 2.83. The molecule has 1 aliphatic rings. The lowest BCUT2D eigenvalue weighted by molar-refractivity contribution is -0.0755. The van der Waals surface area contributed by atoms with Crippen LogP contribution in [-0.2, 0) is 17.8 Å². The van der Waals surface area contributed by atoms with Crippen LogP contribution in [0.15, 0.2) is 6.07 Å². The van der Waals surface area contributed by atoms with Gasteiger partial charge >= 0.3 is 0 Å². The Kier molecular flexibility index (Phi) is 3.63. The number of carbonyl (C=O) groups is 1. The van der Waals surface area contributed by atoms with Gasteiger partial charge in [0, 0.05) is 25.7 Å². The van der Waals surface area contributed by atoms with E-state index in [1.165, 1.54) is 18.6 Å². The largest absolute Gasteiger partial charge is 0.313 e. The lowest BCUT2D eigenvalue weighted by atomic mass is 10.2. The van der Waals surface area contributed by atoms with Crippen molar-refractivity contribution in [2.75, 3.05) is 14.2 Å². The van der Waals surface area contributed by atoms with Gasteiger partial charge in [-0.15, -0.1) is 0 Å². The molecule has 0 bridgehead atoms. The molecule has 2 aromatic rings. The molecule has 6 nitrogen and oxygen atoms in total. The summed E-state index contributed by atoms with van der Waals surface area (Å²) in [5.74, 6) is 0.843. The van der Waals surface area contributed by atoms with E-state index in [4.69, 9.17) is 4.84 Å². The summed E-state index contributed by atoms with van der Waals surface area (Å²) >= 11 is 0. The zero-order valence-corrected chi connectivity index (χ0v) is 12.7. The van der Waals surface area contributed by atoms with Gasteiger partial charge in [0.15, 0.2) is 5.65 Å². The molecule has 0 aliphatic carbocycles. The molecule has 3 heterocycles. The smallest absolute Gasteiger partial charge is 0.279 e. The molecule has 6 heteroatoms. The van der Waals surface area contributed by atoms with Gasteiger partial charge in [-0.25, -0.2) is 15.0 Å². The highest BCUT2D eigenvalue weighted by Gasteiger charge is 2.22. The van der Waals surface area contributed by atoms with Gasteiger partial charge in [-0.05, 0) is 25.8 Å². The molecule has 0 aromatic carbocycles. The molecular formula is C15H20N4O2. The lowest BCUT2D eigenvalue weighted by Crippen LogP contribution is -2.25. The molecule has 0 saturated carbocycles. The first-order valence-electron chi connectivity index (χ1n) is 7.30. The molecule has 1 amide bonds. The number of fused-ring (bicyclic) bond motifs is 3. The quantitative estimate of drug-likeness (QED) is 0.794. The Hall–Kier alpha value is -1.95. The van der Waals surface area contributed by atoms with E-state index in [0.717, 1.165) is 43.0 Å². The van der Waals surface area contributed by atoms with Crippen LogP contribution in [0.3, 0.4) is 0 Å². The summed E-state index contributed by atoms with van der Waals surface area (Å²) in [4.78, 5) is 26.7. The highest BCUT2D eigenvalue weighted by atomic mass is 16.7. The van der Waals surface area contributed by atoms with Crippen molar-refractivity contribution in [2.45, 2.75) is 39.2 Å². The Balaban J connectivity index is 2.19. The minimum atomic E-state index is -0.193. The normalized spacial score (nSPS) is 14.8. The Bertz CT molecular complexity index is 693. The van der Waals surface area contributed by atoms with Crippen molar-refractivity contribution in [3.63, 3.8) is 0 Å². The molecule has 0 spiro atoms. The molecule has 0 atom stereocenters. The number of carbonyl (C=O) groups excluding carboxylic acids is 1. The van der Waals surface area contributed by atoms with Gasteiger partial charge in [0.1, 0.15) is 11.3 Å². The van der Waals surface area contributed by atoms with Crippen LogP contribution in [0.2, 0.25) is 0 Å². The Labute approximate surface area is 123 Å². The number of imidazole rings is 1. The third-order valence-electron chi connectivity index (χ3n) is 3.98. The molecule has 0 saturated heterocycles. The molecule has 21 heavy (non-hydrogen) atoms. The highest BCUT2D eigenvalue weighted by Crippen LogP contribution is 2.24. The van der Waals surface area contributed by atoms with Crippen LogP contribution in [0.5, 0.6) is 0 Å². The highest BCUT2D eigenvalue weighted by molar-refractivity contribution is 6.03. The Morgan fingerprint density at radius 1 is 1.33 bits per heavy atom. The summed E-state index contributed by atoms with van der Waals surface area (Å²) in [6.45, 7) is 2.83. The Morgan fingerprint density at radius 2 is 2.14 bits per heavy atom. The number of nitrogens with zero attached hydrogens (tertiary/aromatic N) is 4. The van der Waals surface area contributed by atoms with Crippen molar-refractivity contribution in [1.29, 1.82) is 0 Å². The zero-order valence-electron chi connectivity index (χ0n) is 12.7. The summed E-state index contributed by atoms with van der Waals surface area (Å²) in [7, 11) is 3.08. The second kappa shape index (κ2) is 5.44. The van der Waals surface area contributed by atoms with Crippen molar-refractivity contribution in [1.82, 2.24) is 19.6 Å². The standard InChI is InChI=1S/C15H20N4O2/c1-10-9-11(15(20)18(2)21-3)13-14(16-10)19-8-6-4-5-7-12(19)17-13/h9H,4-8H2,1-3H3. The van der Waals surface area contributed by atoms with Crippen LogP contribution in [0.25, 0.3) is 11.2 Å².